The maximum Gasteiger partial charge on any atom is 0.139 e. The lowest BCUT2D eigenvalue weighted by Crippen LogP contribution is -2.37. The molecule has 3 nitrogen and oxygen atoms in total. The third-order valence-corrected chi connectivity index (χ3v) is 12.1. The Balaban J connectivity index is 1.82. The molecule has 2 atom stereocenters. The topological polar surface area (TPSA) is 23.6 Å². The van der Waals surface area contributed by atoms with Crippen LogP contribution in [0.4, 0.5) is 0 Å². The minimum absolute atomic E-state index is 0.362. The third-order valence-electron chi connectivity index (χ3n) is 12.1. The van der Waals surface area contributed by atoms with Crippen molar-refractivity contribution in [3.8, 4) is 0 Å². The number of hydrogen-bond acceptors (Lipinski definition) is 3. The summed E-state index contributed by atoms with van der Waals surface area (Å²) in [7, 11) is 0. The quantitative estimate of drug-likeness (QED) is 0.0490. The molecular weight excluding hydrogens is 597 g/mol. The maximum atomic E-state index is 13.5. The molecule has 2 aliphatic rings. The molecule has 3 heteroatoms. The number of allylic oxidation sites excluding steroid dienone is 2. The second-order valence-corrected chi connectivity index (χ2v) is 16.7. The van der Waals surface area contributed by atoms with Crippen LogP contribution in [-0.4, -0.2) is 54.9 Å². The van der Waals surface area contributed by atoms with Crippen LogP contribution in [0.25, 0.3) is 0 Å². The fraction of sp³-hybridized carbons (Fsp3) is 0.935. The van der Waals surface area contributed by atoms with Crippen molar-refractivity contribution in [2.24, 2.45) is 23.7 Å². The normalized spacial score (nSPS) is 21.0. The first kappa shape index (κ1) is 44.5. The van der Waals surface area contributed by atoms with Gasteiger partial charge in [0.05, 0.1) is 0 Å². The molecule has 0 aromatic carbocycles. The van der Waals surface area contributed by atoms with Gasteiger partial charge in [0, 0.05) is 24.9 Å². The Morgan fingerprint density at radius 2 is 0.939 bits per heavy atom. The molecule has 2 rings (SSSR count). The summed E-state index contributed by atoms with van der Waals surface area (Å²) in [4.78, 5) is 19.1. The van der Waals surface area contributed by atoms with Gasteiger partial charge in [-0.05, 0) is 102 Å². The Bertz CT molecular complexity index is 753. The van der Waals surface area contributed by atoms with E-state index in [9.17, 15) is 4.79 Å². The van der Waals surface area contributed by atoms with Gasteiger partial charge >= 0.3 is 0 Å². The fourth-order valence-electron chi connectivity index (χ4n) is 8.45. The zero-order valence-corrected chi connectivity index (χ0v) is 34.0. The van der Waals surface area contributed by atoms with E-state index >= 15 is 0 Å². The van der Waals surface area contributed by atoms with Crippen molar-refractivity contribution in [3.63, 3.8) is 0 Å². The standard InChI is InChI=1S/C46H88N2O/c1-5-9-13-16-19-22-26-35-47(36-27-23-20-17-14-10-6-2)39-40-48(37-28-24-21-18-15-11-7-3)38-34-44-41-45(44)46(49)43-32-30-42(31-33-43)29-25-12-8-4/h25,29,42-45H,5-24,26-28,30-41H2,1-4H3. The highest BCUT2D eigenvalue weighted by Crippen LogP contribution is 2.46. The zero-order chi connectivity index (χ0) is 35.2. The maximum absolute atomic E-state index is 13.5. The Morgan fingerprint density at radius 1 is 0.510 bits per heavy atom. The Morgan fingerprint density at radius 3 is 1.39 bits per heavy atom. The van der Waals surface area contributed by atoms with Crippen LogP contribution in [0, 0.1) is 23.7 Å². The molecule has 0 bridgehead atoms. The minimum atomic E-state index is 0.362. The second kappa shape index (κ2) is 30.9. The summed E-state index contributed by atoms with van der Waals surface area (Å²) >= 11 is 0. The number of rotatable bonds is 35. The third kappa shape index (κ3) is 22.8. The number of nitrogens with zero attached hydrogens (tertiary/aromatic N) is 2. The second-order valence-electron chi connectivity index (χ2n) is 16.7. The summed E-state index contributed by atoms with van der Waals surface area (Å²) in [5, 5.41) is 0. The first-order chi connectivity index (χ1) is 24.1. The number of carbonyl (C=O) groups excluding carboxylic acids is 1. The molecule has 0 radical (unpaired) electrons. The largest absolute Gasteiger partial charge is 0.302 e. The van der Waals surface area contributed by atoms with E-state index in [2.05, 4.69) is 49.6 Å². The van der Waals surface area contributed by atoms with Crippen LogP contribution in [-0.2, 0) is 4.79 Å². The highest BCUT2D eigenvalue weighted by atomic mass is 16.1. The number of ketones is 1. The Labute approximate surface area is 308 Å². The van der Waals surface area contributed by atoms with Crippen molar-refractivity contribution in [1.29, 1.82) is 0 Å². The lowest BCUT2D eigenvalue weighted by molar-refractivity contribution is -0.125. The summed E-state index contributed by atoms with van der Waals surface area (Å²) in [6.45, 7) is 16.7. The molecule has 0 aromatic heterocycles. The molecule has 0 aliphatic heterocycles. The summed E-state index contributed by atoms with van der Waals surface area (Å²) in [5.41, 5.74) is 0. The number of Topliss-reactive ketones (excluding diaryl/α,β-unsaturated/α-hetero) is 1. The van der Waals surface area contributed by atoms with Crippen LogP contribution < -0.4 is 0 Å². The van der Waals surface area contributed by atoms with Crippen LogP contribution in [0.3, 0.4) is 0 Å². The van der Waals surface area contributed by atoms with Gasteiger partial charge in [0.1, 0.15) is 5.78 Å². The molecule has 2 fully saturated rings. The summed E-state index contributed by atoms with van der Waals surface area (Å²) in [5.74, 6) is 2.80. The highest BCUT2D eigenvalue weighted by Gasteiger charge is 2.45. The molecule has 0 spiro atoms. The van der Waals surface area contributed by atoms with Gasteiger partial charge in [-0.25, -0.2) is 0 Å². The average Bonchev–Trinajstić information content (AvgIpc) is 3.90. The highest BCUT2D eigenvalue weighted by molar-refractivity contribution is 5.86. The minimum Gasteiger partial charge on any atom is -0.302 e. The van der Waals surface area contributed by atoms with E-state index in [0.717, 1.165) is 18.8 Å². The van der Waals surface area contributed by atoms with E-state index in [-0.39, 0.29) is 0 Å². The van der Waals surface area contributed by atoms with Gasteiger partial charge in [-0.1, -0.05) is 162 Å². The molecule has 0 heterocycles. The summed E-state index contributed by atoms with van der Waals surface area (Å²) < 4.78 is 0. The van der Waals surface area contributed by atoms with Crippen molar-refractivity contribution in [3.05, 3.63) is 12.2 Å². The monoisotopic (exact) mass is 685 g/mol. The van der Waals surface area contributed by atoms with Crippen LogP contribution in [0.1, 0.15) is 214 Å². The molecule has 2 saturated carbocycles. The van der Waals surface area contributed by atoms with Crippen molar-refractivity contribution in [2.75, 3.05) is 39.3 Å². The zero-order valence-electron chi connectivity index (χ0n) is 34.0. The molecule has 0 aromatic rings. The van der Waals surface area contributed by atoms with Crippen LogP contribution in [0.2, 0.25) is 0 Å². The van der Waals surface area contributed by atoms with Crippen molar-refractivity contribution in [1.82, 2.24) is 9.80 Å². The summed E-state index contributed by atoms with van der Waals surface area (Å²) in [6, 6.07) is 0. The van der Waals surface area contributed by atoms with E-state index in [4.69, 9.17) is 0 Å². The number of unbranched alkanes of at least 4 members (excludes halogenated alkanes) is 19. The van der Waals surface area contributed by atoms with Crippen molar-refractivity contribution < 1.29 is 4.79 Å². The van der Waals surface area contributed by atoms with E-state index in [1.807, 2.05) is 0 Å². The SMILES string of the molecule is CCCC=CC1CCC(C(=O)C2CC2CCN(CCCCCCCCC)CCN(CCCCCCCCC)CCCCCCCCC)CC1. The lowest BCUT2D eigenvalue weighted by atomic mass is 9.78. The van der Waals surface area contributed by atoms with Gasteiger partial charge in [-0.2, -0.15) is 0 Å². The fourth-order valence-corrected chi connectivity index (χ4v) is 8.45. The van der Waals surface area contributed by atoms with Crippen LogP contribution in [0.5, 0.6) is 0 Å². The van der Waals surface area contributed by atoms with E-state index in [0.29, 0.717) is 23.5 Å². The number of carbonyl (C=O) groups is 1. The van der Waals surface area contributed by atoms with Gasteiger partial charge in [-0.3, -0.25) is 4.79 Å². The molecule has 0 saturated heterocycles. The Hall–Kier alpha value is -0.670. The van der Waals surface area contributed by atoms with E-state index in [1.54, 1.807) is 0 Å². The number of hydrogen-bond donors (Lipinski definition) is 0. The molecule has 2 aliphatic carbocycles. The van der Waals surface area contributed by atoms with Crippen LogP contribution in [0.15, 0.2) is 12.2 Å². The summed E-state index contributed by atoms with van der Waals surface area (Å²) in [6.07, 6.45) is 43.8. The van der Waals surface area contributed by atoms with Crippen LogP contribution >= 0.6 is 0 Å². The van der Waals surface area contributed by atoms with E-state index < -0.39 is 0 Å². The Kier molecular flexibility index (Phi) is 28.1. The van der Waals surface area contributed by atoms with Crippen molar-refractivity contribution in [2.45, 2.75) is 214 Å². The van der Waals surface area contributed by atoms with Gasteiger partial charge in [0.2, 0.25) is 0 Å². The van der Waals surface area contributed by atoms with Gasteiger partial charge < -0.3 is 9.80 Å². The van der Waals surface area contributed by atoms with Gasteiger partial charge in [0.15, 0.2) is 0 Å². The first-order valence-corrected chi connectivity index (χ1v) is 22.8. The smallest absolute Gasteiger partial charge is 0.139 e. The van der Waals surface area contributed by atoms with Crippen molar-refractivity contribution >= 4 is 5.78 Å². The lowest BCUT2D eigenvalue weighted by Gasteiger charge is -2.28. The van der Waals surface area contributed by atoms with E-state index in [1.165, 1.54) is 213 Å². The molecule has 2 unspecified atom stereocenters. The predicted octanol–water partition coefficient (Wildman–Crippen LogP) is 13.6. The molecule has 49 heavy (non-hydrogen) atoms. The molecular formula is C46H88N2O. The predicted molar refractivity (Wildman–Crippen MR) is 218 cm³/mol. The molecule has 0 amide bonds. The molecule has 0 N–H and O–H groups in total. The van der Waals surface area contributed by atoms with Gasteiger partial charge in [0.25, 0.3) is 0 Å². The molecule has 288 valence electrons. The average molecular weight is 685 g/mol. The first-order valence-electron chi connectivity index (χ1n) is 22.8. The van der Waals surface area contributed by atoms with Gasteiger partial charge in [-0.15, -0.1) is 0 Å².